The lowest BCUT2D eigenvalue weighted by Crippen LogP contribution is -2.48. The number of halogens is 1. The number of fused-ring (bicyclic) bond motifs is 1. The summed E-state index contributed by atoms with van der Waals surface area (Å²) in [5.74, 6) is -4.31. The summed E-state index contributed by atoms with van der Waals surface area (Å²) < 4.78 is 13.8. The molecule has 0 aliphatic carbocycles. The average molecular weight is 438 g/mol. The Hall–Kier alpha value is -3.78. The van der Waals surface area contributed by atoms with Gasteiger partial charge in [-0.3, -0.25) is 9.69 Å². The maximum Gasteiger partial charge on any atom is 0.414 e. The molecule has 8 heteroatoms. The van der Waals surface area contributed by atoms with Crippen molar-refractivity contribution in [2.45, 2.75) is 6.54 Å². The smallest absolute Gasteiger partial charge is 0.414 e. The molecular weight excluding hydrogens is 415 g/mol. The van der Waals surface area contributed by atoms with E-state index in [2.05, 4.69) is 47.4 Å². The fourth-order valence-electron chi connectivity index (χ4n) is 3.59. The highest BCUT2D eigenvalue weighted by Crippen LogP contribution is 2.21. The van der Waals surface area contributed by atoms with Crippen LogP contribution in [-0.4, -0.2) is 64.0 Å². The van der Waals surface area contributed by atoms with Gasteiger partial charge in [0.25, 0.3) is 5.91 Å². The molecule has 32 heavy (non-hydrogen) atoms. The summed E-state index contributed by atoms with van der Waals surface area (Å²) in [6, 6.07) is 21.0. The van der Waals surface area contributed by atoms with Crippen LogP contribution < -0.4 is 0 Å². The Balaban J connectivity index is 0.000000427. The Labute approximate surface area is 184 Å². The molecule has 7 nitrogen and oxygen atoms in total. The molecule has 2 N–H and O–H groups in total. The first kappa shape index (κ1) is 22.9. The highest BCUT2D eigenvalue weighted by molar-refractivity contribution is 6.27. The third kappa shape index (κ3) is 5.67. The summed E-state index contributed by atoms with van der Waals surface area (Å²) in [4.78, 5) is 34.8. The number of nitrogens with zero attached hydrogens (tertiary/aromatic N) is 2. The van der Waals surface area contributed by atoms with Gasteiger partial charge in [0.15, 0.2) is 0 Å². The lowest BCUT2D eigenvalue weighted by atomic mass is 10.0. The normalized spacial score (nSPS) is 13.8. The predicted octanol–water partition coefficient (Wildman–Crippen LogP) is 3.09. The van der Waals surface area contributed by atoms with E-state index < -0.39 is 17.8 Å². The van der Waals surface area contributed by atoms with Crippen LogP contribution in [0.2, 0.25) is 0 Å². The minimum absolute atomic E-state index is 0.162. The van der Waals surface area contributed by atoms with Gasteiger partial charge in [-0.2, -0.15) is 0 Å². The molecule has 0 spiro atoms. The van der Waals surface area contributed by atoms with E-state index in [-0.39, 0.29) is 11.5 Å². The lowest BCUT2D eigenvalue weighted by Gasteiger charge is -2.35. The predicted molar refractivity (Wildman–Crippen MR) is 117 cm³/mol. The molecule has 3 aromatic carbocycles. The molecule has 0 atom stereocenters. The maximum atomic E-state index is 13.8. The van der Waals surface area contributed by atoms with Gasteiger partial charge in [-0.25, -0.2) is 14.0 Å². The van der Waals surface area contributed by atoms with E-state index in [0.717, 1.165) is 19.6 Å². The van der Waals surface area contributed by atoms with Crippen LogP contribution in [0.1, 0.15) is 15.9 Å². The number of benzene rings is 3. The van der Waals surface area contributed by atoms with Gasteiger partial charge >= 0.3 is 11.9 Å². The number of carboxylic acid groups (broad SMARTS) is 2. The van der Waals surface area contributed by atoms with Crippen molar-refractivity contribution >= 4 is 28.6 Å². The van der Waals surface area contributed by atoms with Crippen LogP contribution in [0.5, 0.6) is 0 Å². The monoisotopic (exact) mass is 438 g/mol. The number of carbonyl (C=O) groups is 3. The number of piperazine rings is 1. The van der Waals surface area contributed by atoms with Crippen LogP contribution in [0.15, 0.2) is 66.7 Å². The molecule has 3 aromatic rings. The zero-order valence-corrected chi connectivity index (χ0v) is 17.3. The minimum Gasteiger partial charge on any atom is -0.473 e. The number of hydrogen-bond acceptors (Lipinski definition) is 4. The van der Waals surface area contributed by atoms with Crippen molar-refractivity contribution in [2.75, 3.05) is 26.2 Å². The molecule has 166 valence electrons. The summed E-state index contributed by atoms with van der Waals surface area (Å²) in [6.45, 7) is 3.70. The van der Waals surface area contributed by atoms with Gasteiger partial charge < -0.3 is 15.1 Å². The maximum absolute atomic E-state index is 13.8. The van der Waals surface area contributed by atoms with Crippen molar-refractivity contribution < 1.29 is 29.0 Å². The van der Waals surface area contributed by atoms with E-state index in [1.807, 2.05) is 0 Å². The molecule has 1 saturated heterocycles. The Kier molecular flexibility index (Phi) is 7.51. The van der Waals surface area contributed by atoms with Crippen LogP contribution in [0.3, 0.4) is 0 Å². The molecule has 0 bridgehead atoms. The van der Waals surface area contributed by atoms with Crippen molar-refractivity contribution in [2.24, 2.45) is 0 Å². The van der Waals surface area contributed by atoms with E-state index in [0.29, 0.717) is 13.1 Å². The Morgan fingerprint density at radius 2 is 1.38 bits per heavy atom. The molecule has 1 aliphatic heterocycles. The van der Waals surface area contributed by atoms with Gasteiger partial charge in [0.05, 0.1) is 5.56 Å². The number of amides is 1. The largest absolute Gasteiger partial charge is 0.473 e. The van der Waals surface area contributed by atoms with Crippen molar-refractivity contribution in [3.8, 4) is 0 Å². The molecule has 0 aromatic heterocycles. The number of rotatable bonds is 3. The number of carbonyl (C=O) groups excluding carboxylic acids is 1. The van der Waals surface area contributed by atoms with Gasteiger partial charge in [0.1, 0.15) is 5.82 Å². The van der Waals surface area contributed by atoms with E-state index in [1.54, 1.807) is 23.1 Å². The molecule has 4 rings (SSSR count). The van der Waals surface area contributed by atoms with Crippen molar-refractivity contribution in [3.63, 3.8) is 0 Å². The standard InChI is InChI=1S/C22H21FN2O.C2H2O4/c23-21-11-4-3-10-20(21)22(26)25-14-12-24(13-15-25)16-18-8-5-7-17-6-1-2-9-19(17)18;3-1(4)2(5)6/h1-11H,12-16H2;(H,3,4)(H,5,6). The highest BCUT2D eigenvalue weighted by atomic mass is 19.1. The van der Waals surface area contributed by atoms with Crippen LogP contribution in [0.25, 0.3) is 10.8 Å². The fraction of sp³-hybridized carbons (Fsp3) is 0.208. The van der Waals surface area contributed by atoms with Crippen LogP contribution in [0, 0.1) is 5.82 Å². The average Bonchev–Trinajstić information content (AvgIpc) is 2.80. The quantitative estimate of drug-likeness (QED) is 0.610. The summed E-state index contributed by atoms with van der Waals surface area (Å²) in [6.07, 6.45) is 0. The zero-order valence-electron chi connectivity index (χ0n) is 17.3. The van der Waals surface area contributed by atoms with E-state index in [9.17, 15) is 9.18 Å². The van der Waals surface area contributed by atoms with Crippen LogP contribution in [-0.2, 0) is 16.1 Å². The lowest BCUT2D eigenvalue weighted by molar-refractivity contribution is -0.159. The Morgan fingerprint density at radius 1 is 0.781 bits per heavy atom. The van der Waals surface area contributed by atoms with E-state index >= 15 is 0 Å². The number of hydrogen-bond donors (Lipinski definition) is 2. The molecule has 0 unspecified atom stereocenters. The zero-order chi connectivity index (χ0) is 23.1. The van der Waals surface area contributed by atoms with E-state index in [1.165, 1.54) is 22.4 Å². The summed E-state index contributed by atoms with van der Waals surface area (Å²) >= 11 is 0. The van der Waals surface area contributed by atoms with Gasteiger partial charge in [-0.15, -0.1) is 0 Å². The first-order valence-electron chi connectivity index (χ1n) is 10.1. The van der Waals surface area contributed by atoms with Crippen LogP contribution in [0.4, 0.5) is 4.39 Å². The molecular formula is C24H23FN2O5. The molecule has 1 aliphatic rings. The molecule has 0 saturated carbocycles. The fourth-order valence-corrected chi connectivity index (χ4v) is 3.59. The van der Waals surface area contributed by atoms with Crippen molar-refractivity contribution in [1.29, 1.82) is 0 Å². The first-order chi connectivity index (χ1) is 15.4. The van der Waals surface area contributed by atoms with Gasteiger partial charge in [-0.05, 0) is 28.5 Å². The second-order valence-corrected chi connectivity index (χ2v) is 7.30. The number of aliphatic carboxylic acids is 2. The second-order valence-electron chi connectivity index (χ2n) is 7.30. The second kappa shape index (κ2) is 10.5. The molecule has 1 amide bonds. The van der Waals surface area contributed by atoms with Crippen LogP contribution >= 0.6 is 0 Å². The minimum atomic E-state index is -1.82. The third-order valence-corrected chi connectivity index (χ3v) is 5.22. The van der Waals surface area contributed by atoms with Gasteiger partial charge in [0.2, 0.25) is 0 Å². The van der Waals surface area contributed by atoms with Crippen molar-refractivity contribution in [3.05, 3.63) is 83.7 Å². The highest BCUT2D eigenvalue weighted by Gasteiger charge is 2.24. The Bertz CT molecular complexity index is 1110. The number of carboxylic acids is 2. The molecule has 0 radical (unpaired) electrons. The van der Waals surface area contributed by atoms with Gasteiger partial charge in [0, 0.05) is 32.7 Å². The third-order valence-electron chi connectivity index (χ3n) is 5.22. The van der Waals surface area contributed by atoms with E-state index in [4.69, 9.17) is 19.8 Å². The molecule has 1 heterocycles. The Morgan fingerprint density at radius 3 is 2.03 bits per heavy atom. The first-order valence-corrected chi connectivity index (χ1v) is 10.1. The topological polar surface area (TPSA) is 98.1 Å². The summed E-state index contributed by atoms with van der Waals surface area (Å²) in [5.41, 5.74) is 1.46. The SMILES string of the molecule is O=C(O)C(=O)O.O=C(c1ccccc1F)N1CCN(Cc2cccc3ccccc23)CC1. The summed E-state index contributed by atoms with van der Waals surface area (Å²) in [7, 11) is 0. The summed E-state index contributed by atoms with van der Waals surface area (Å²) in [5, 5.41) is 17.3. The van der Waals surface area contributed by atoms with Crippen molar-refractivity contribution in [1.82, 2.24) is 9.80 Å². The van der Waals surface area contributed by atoms with Gasteiger partial charge in [-0.1, -0.05) is 54.6 Å². The molecule has 1 fully saturated rings.